The van der Waals surface area contributed by atoms with Crippen molar-refractivity contribution in [2.75, 3.05) is 0 Å². The Kier molecular flexibility index (Phi) is 1.69. The van der Waals surface area contributed by atoms with Crippen molar-refractivity contribution in [3.63, 3.8) is 0 Å². The average Bonchev–Trinajstić information content (AvgIpc) is 2.21. The summed E-state index contributed by atoms with van der Waals surface area (Å²) in [6.07, 6.45) is -0.738. The molecule has 1 aromatic rings. The van der Waals surface area contributed by atoms with Gasteiger partial charge in [-0.15, -0.1) is 0 Å². The molecule has 0 aromatic heterocycles. The van der Waals surface area contributed by atoms with E-state index in [0.29, 0.717) is 5.22 Å². The zero-order valence-corrected chi connectivity index (χ0v) is 6.61. The maximum absolute atomic E-state index is 12.8. The number of hydrogen-bond acceptors (Lipinski definition) is 2. The lowest BCUT2D eigenvalue weighted by Crippen LogP contribution is -2.26. The number of fused-ring (bicyclic) bond motifs is 1. The number of hydrogen-bond donors (Lipinski definition) is 0. The third-order valence-corrected chi connectivity index (χ3v) is 1.68. The second kappa shape index (κ2) is 2.73. The first-order valence-corrected chi connectivity index (χ1v) is 3.76. The molecule has 66 valence electrons. The fourth-order valence-electron chi connectivity index (χ4n) is 1.11. The highest BCUT2D eigenvalue weighted by Crippen LogP contribution is 2.15. The van der Waals surface area contributed by atoms with E-state index in [2.05, 4.69) is 9.98 Å². The molecular weight excluding hydrogens is 174 g/mol. The highest BCUT2D eigenvalue weighted by Gasteiger charge is 2.25. The zero-order chi connectivity index (χ0) is 9.31. The lowest BCUT2D eigenvalue weighted by Gasteiger charge is -2.00. The highest BCUT2D eigenvalue weighted by molar-refractivity contribution is 5.91. The zero-order valence-electron chi connectivity index (χ0n) is 6.61. The molecular formula is C9H6F2N2. The Balaban J connectivity index is 2.77. The topological polar surface area (TPSA) is 24.7 Å². The van der Waals surface area contributed by atoms with Crippen LogP contribution in [0.4, 0.5) is 8.78 Å². The molecule has 0 radical (unpaired) electrons. The summed E-state index contributed by atoms with van der Waals surface area (Å²) >= 11 is 0. The summed E-state index contributed by atoms with van der Waals surface area (Å²) in [6, 6.07) is 6.68. The van der Waals surface area contributed by atoms with Crippen molar-refractivity contribution < 1.29 is 8.78 Å². The summed E-state index contributed by atoms with van der Waals surface area (Å²) in [5.74, 6) is 0. The van der Waals surface area contributed by atoms with Crippen LogP contribution >= 0.6 is 0 Å². The van der Waals surface area contributed by atoms with Crippen LogP contribution in [0.25, 0.3) is 6.08 Å². The van der Waals surface area contributed by atoms with Gasteiger partial charge in [-0.3, -0.25) is 0 Å². The summed E-state index contributed by atoms with van der Waals surface area (Å²) in [7, 11) is 0. The van der Waals surface area contributed by atoms with Crippen molar-refractivity contribution in [3.05, 3.63) is 34.8 Å². The molecule has 2 nitrogen and oxygen atoms in total. The Labute approximate surface area is 73.0 Å². The molecule has 0 bridgehead atoms. The van der Waals surface area contributed by atoms with Crippen molar-refractivity contribution in [1.29, 1.82) is 0 Å². The number of benzene rings is 1. The van der Waals surface area contributed by atoms with E-state index in [0.717, 1.165) is 6.21 Å². The van der Waals surface area contributed by atoms with E-state index in [4.69, 9.17) is 0 Å². The summed E-state index contributed by atoms with van der Waals surface area (Å²) in [5, 5.41) is 0.924. The molecule has 1 aliphatic rings. The molecule has 0 saturated heterocycles. The first-order valence-electron chi connectivity index (χ1n) is 3.76. The van der Waals surface area contributed by atoms with E-state index in [1.165, 1.54) is 12.1 Å². The van der Waals surface area contributed by atoms with Gasteiger partial charge in [-0.05, 0) is 12.1 Å². The minimum absolute atomic E-state index is 0.269. The molecule has 1 aliphatic heterocycles. The standard InChI is InChI=1S/C9H6F2N2/c10-9(11)12-6-5-7-3-1-2-4-8(7)13-9/h1-6H. The van der Waals surface area contributed by atoms with Crippen LogP contribution in [0.1, 0.15) is 0 Å². The number of halogens is 2. The Morgan fingerprint density at radius 1 is 1.15 bits per heavy atom. The normalized spacial score (nSPS) is 18.0. The Hall–Kier alpha value is -1.58. The van der Waals surface area contributed by atoms with Crippen LogP contribution in [-0.2, 0) is 0 Å². The number of nitrogens with zero attached hydrogens (tertiary/aromatic N) is 2. The van der Waals surface area contributed by atoms with Gasteiger partial charge >= 0.3 is 6.17 Å². The van der Waals surface area contributed by atoms with Crippen LogP contribution in [0.2, 0.25) is 0 Å². The van der Waals surface area contributed by atoms with Crippen LogP contribution in [0, 0.1) is 0 Å². The van der Waals surface area contributed by atoms with Gasteiger partial charge in [0.2, 0.25) is 0 Å². The van der Waals surface area contributed by atoms with Crippen LogP contribution in [-0.4, -0.2) is 12.4 Å². The monoisotopic (exact) mass is 180 g/mol. The van der Waals surface area contributed by atoms with Crippen LogP contribution in [0.15, 0.2) is 34.3 Å². The Morgan fingerprint density at radius 3 is 2.77 bits per heavy atom. The lowest BCUT2D eigenvalue weighted by molar-refractivity contribution is 0.0180. The van der Waals surface area contributed by atoms with Gasteiger partial charge in [0.15, 0.2) is 0 Å². The smallest absolute Gasteiger partial charge is 0.202 e. The van der Waals surface area contributed by atoms with E-state index in [1.807, 2.05) is 0 Å². The van der Waals surface area contributed by atoms with E-state index in [-0.39, 0.29) is 5.36 Å². The van der Waals surface area contributed by atoms with Gasteiger partial charge in [0.05, 0.1) is 5.36 Å². The number of aliphatic imine (C=N–C) groups is 1. The van der Waals surface area contributed by atoms with Gasteiger partial charge in [0, 0.05) is 11.4 Å². The SMILES string of the molecule is FC1(F)N=CC=c2ccccc2=N1. The average molecular weight is 180 g/mol. The van der Waals surface area contributed by atoms with Crippen molar-refractivity contribution >= 4 is 12.3 Å². The molecule has 1 heterocycles. The Bertz CT molecular complexity index is 463. The molecule has 0 spiro atoms. The second-order valence-corrected chi connectivity index (χ2v) is 2.62. The third-order valence-electron chi connectivity index (χ3n) is 1.68. The van der Waals surface area contributed by atoms with Crippen LogP contribution in [0.5, 0.6) is 0 Å². The van der Waals surface area contributed by atoms with Crippen LogP contribution < -0.4 is 10.6 Å². The van der Waals surface area contributed by atoms with E-state index >= 15 is 0 Å². The van der Waals surface area contributed by atoms with Crippen molar-refractivity contribution in [2.45, 2.75) is 6.17 Å². The molecule has 0 atom stereocenters. The number of alkyl halides is 2. The molecule has 13 heavy (non-hydrogen) atoms. The minimum atomic E-state index is -3.33. The molecule has 0 saturated carbocycles. The summed E-state index contributed by atoms with van der Waals surface area (Å²) < 4.78 is 25.5. The summed E-state index contributed by atoms with van der Waals surface area (Å²) in [6.45, 7) is 0. The molecule has 0 N–H and O–H groups in total. The number of para-hydroxylation sites is 1. The van der Waals surface area contributed by atoms with Gasteiger partial charge in [-0.25, -0.2) is 4.99 Å². The fraction of sp³-hybridized carbons (Fsp3) is 0.111. The first kappa shape index (κ1) is 8.04. The second-order valence-electron chi connectivity index (χ2n) is 2.62. The maximum Gasteiger partial charge on any atom is 0.449 e. The van der Waals surface area contributed by atoms with Crippen molar-refractivity contribution in [3.8, 4) is 0 Å². The van der Waals surface area contributed by atoms with Gasteiger partial charge in [0.25, 0.3) is 0 Å². The van der Waals surface area contributed by atoms with E-state index in [1.54, 1.807) is 18.2 Å². The molecule has 0 fully saturated rings. The van der Waals surface area contributed by atoms with Gasteiger partial charge < -0.3 is 0 Å². The summed E-state index contributed by atoms with van der Waals surface area (Å²) in [5.41, 5.74) is 0. The molecule has 0 amide bonds. The van der Waals surface area contributed by atoms with E-state index < -0.39 is 6.17 Å². The predicted molar refractivity (Wildman–Crippen MR) is 45.1 cm³/mol. The molecule has 0 aliphatic carbocycles. The van der Waals surface area contributed by atoms with Crippen LogP contribution in [0.3, 0.4) is 0 Å². The van der Waals surface area contributed by atoms with Crippen molar-refractivity contribution in [2.24, 2.45) is 9.98 Å². The quantitative estimate of drug-likeness (QED) is 0.525. The largest absolute Gasteiger partial charge is 0.449 e. The molecule has 4 heteroatoms. The fourth-order valence-corrected chi connectivity index (χ4v) is 1.11. The molecule has 0 unspecified atom stereocenters. The van der Waals surface area contributed by atoms with Gasteiger partial charge in [-0.1, -0.05) is 18.2 Å². The third kappa shape index (κ3) is 1.61. The number of rotatable bonds is 0. The predicted octanol–water partition coefficient (Wildman–Crippen LogP) is 0.721. The Morgan fingerprint density at radius 2 is 1.92 bits per heavy atom. The highest BCUT2D eigenvalue weighted by atomic mass is 19.3. The first-order chi connectivity index (χ1) is 6.17. The van der Waals surface area contributed by atoms with Gasteiger partial charge in [0.1, 0.15) is 0 Å². The summed E-state index contributed by atoms with van der Waals surface area (Å²) in [4.78, 5) is 6.20. The van der Waals surface area contributed by atoms with Crippen molar-refractivity contribution in [1.82, 2.24) is 0 Å². The minimum Gasteiger partial charge on any atom is -0.202 e. The maximum atomic E-state index is 12.8. The van der Waals surface area contributed by atoms with E-state index in [9.17, 15) is 8.78 Å². The van der Waals surface area contributed by atoms with Gasteiger partial charge in [-0.2, -0.15) is 13.8 Å². The molecule has 1 aromatic carbocycles. The lowest BCUT2D eigenvalue weighted by atomic mass is 10.3. The molecule has 2 rings (SSSR count).